The second kappa shape index (κ2) is 6.18. The molecule has 2 N–H and O–H groups in total. The van der Waals surface area contributed by atoms with Crippen molar-refractivity contribution in [1.29, 1.82) is 0 Å². The van der Waals surface area contributed by atoms with Crippen molar-refractivity contribution in [2.24, 2.45) is 5.92 Å². The Hall–Kier alpha value is -1.72. The zero-order valence-electron chi connectivity index (χ0n) is 13.3. The predicted molar refractivity (Wildman–Crippen MR) is 85.5 cm³/mol. The normalized spacial score (nSPS) is 20.4. The molecule has 2 atom stereocenters. The van der Waals surface area contributed by atoms with Gasteiger partial charge in [-0.25, -0.2) is 0 Å². The number of aliphatic hydroxyl groups is 1. The molecule has 1 aliphatic rings. The molecule has 0 fully saturated rings. The molecule has 1 aromatic carbocycles. The van der Waals surface area contributed by atoms with Crippen LogP contribution in [0, 0.1) is 12.8 Å². The Balaban J connectivity index is 1.53. The maximum absolute atomic E-state index is 10.6. The summed E-state index contributed by atoms with van der Waals surface area (Å²) in [5, 5.41) is 22.4. The van der Waals surface area contributed by atoms with E-state index in [0.29, 0.717) is 12.5 Å². The summed E-state index contributed by atoms with van der Waals surface area (Å²) >= 11 is 0. The molecule has 3 rings (SSSR count). The molecule has 0 amide bonds. The molecule has 2 aromatic rings. The van der Waals surface area contributed by atoms with Crippen LogP contribution >= 0.6 is 0 Å². The number of nitrogens with zero attached hydrogens (tertiary/aromatic N) is 3. The van der Waals surface area contributed by atoms with Gasteiger partial charge in [0.2, 0.25) is 0 Å². The summed E-state index contributed by atoms with van der Waals surface area (Å²) in [4.78, 5) is 0. The molecular formula is C17H24N4O. The zero-order valence-corrected chi connectivity index (χ0v) is 13.3. The predicted octanol–water partition coefficient (Wildman–Crippen LogP) is 1.65. The molecule has 0 aliphatic carbocycles. The molecule has 0 saturated heterocycles. The third-order valence-electron chi connectivity index (χ3n) is 4.53. The van der Waals surface area contributed by atoms with Gasteiger partial charge in [-0.05, 0) is 38.3 Å². The fraction of sp³-hybridized carbons (Fsp3) is 0.529. The summed E-state index contributed by atoms with van der Waals surface area (Å²) in [6, 6.07) is 9.82. The average Bonchev–Trinajstić information content (AvgIpc) is 2.89. The molecule has 0 saturated carbocycles. The summed E-state index contributed by atoms with van der Waals surface area (Å²) in [6.07, 6.45) is 2.11. The quantitative estimate of drug-likeness (QED) is 0.881. The molecule has 1 aromatic heterocycles. The van der Waals surface area contributed by atoms with Crippen molar-refractivity contribution >= 4 is 0 Å². The van der Waals surface area contributed by atoms with Crippen molar-refractivity contribution in [3.05, 3.63) is 47.5 Å². The fourth-order valence-corrected chi connectivity index (χ4v) is 3.12. The van der Waals surface area contributed by atoms with Gasteiger partial charge in [-0.1, -0.05) is 30.3 Å². The Morgan fingerprint density at radius 2 is 2.09 bits per heavy atom. The van der Waals surface area contributed by atoms with Crippen molar-refractivity contribution in [3.8, 4) is 0 Å². The van der Waals surface area contributed by atoms with Crippen LogP contribution in [-0.2, 0) is 18.6 Å². The Labute approximate surface area is 131 Å². The molecule has 0 spiro atoms. The number of rotatable bonds is 5. The number of hydrogen-bond acceptors (Lipinski definition) is 4. The highest BCUT2D eigenvalue weighted by Crippen LogP contribution is 2.21. The Kier molecular flexibility index (Phi) is 4.27. The van der Waals surface area contributed by atoms with Crippen LogP contribution in [0.1, 0.15) is 30.6 Å². The molecule has 1 aliphatic heterocycles. The SMILES string of the molecule is Cc1nnc2n1C[C@H](CNC[C@](C)(O)c1ccccc1)CC2. The van der Waals surface area contributed by atoms with Crippen LogP contribution in [0.15, 0.2) is 30.3 Å². The lowest BCUT2D eigenvalue weighted by Gasteiger charge is -2.28. The minimum Gasteiger partial charge on any atom is -0.384 e. The smallest absolute Gasteiger partial charge is 0.133 e. The van der Waals surface area contributed by atoms with E-state index in [1.165, 1.54) is 0 Å². The van der Waals surface area contributed by atoms with E-state index in [4.69, 9.17) is 0 Å². The fourth-order valence-electron chi connectivity index (χ4n) is 3.12. The number of benzene rings is 1. The van der Waals surface area contributed by atoms with E-state index >= 15 is 0 Å². The largest absolute Gasteiger partial charge is 0.384 e. The van der Waals surface area contributed by atoms with E-state index in [2.05, 4.69) is 20.1 Å². The van der Waals surface area contributed by atoms with Crippen molar-refractivity contribution in [1.82, 2.24) is 20.1 Å². The Morgan fingerprint density at radius 1 is 1.32 bits per heavy atom. The minimum atomic E-state index is -0.840. The standard InChI is InChI=1S/C17H24N4O/c1-13-19-20-16-9-8-14(11-21(13)16)10-18-12-17(2,22)15-6-4-3-5-7-15/h3-7,14,18,22H,8-12H2,1-2H3/t14-,17-/m0/s1. The van der Waals surface area contributed by atoms with Gasteiger partial charge >= 0.3 is 0 Å². The van der Waals surface area contributed by atoms with Crippen molar-refractivity contribution in [2.75, 3.05) is 13.1 Å². The number of aromatic nitrogens is 3. The highest BCUT2D eigenvalue weighted by atomic mass is 16.3. The van der Waals surface area contributed by atoms with Crippen molar-refractivity contribution in [3.63, 3.8) is 0 Å². The summed E-state index contributed by atoms with van der Waals surface area (Å²) < 4.78 is 2.21. The average molecular weight is 300 g/mol. The lowest BCUT2D eigenvalue weighted by molar-refractivity contribution is 0.0555. The first-order valence-electron chi connectivity index (χ1n) is 7.93. The second-order valence-electron chi connectivity index (χ2n) is 6.45. The van der Waals surface area contributed by atoms with E-state index in [9.17, 15) is 5.11 Å². The highest BCUT2D eigenvalue weighted by Gasteiger charge is 2.24. The first-order valence-corrected chi connectivity index (χ1v) is 7.93. The Morgan fingerprint density at radius 3 is 2.86 bits per heavy atom. The molecule has 5 nitrogen and oxygen atoms in total. The van der Waals surface area contributed by atoms with Crippen LogP contribution < -0.4 is 5.32 Å². The number of aryl methyl sites for hydroxylation is 2. The van der Waals surface area contributed by atoms with Gasteiger partial charge in [0.25, 0.3) is 0 Å². The zero-order chi connectivity index (χ0) is 15.6. The van der Waals surface area contributed by atoms with Crippen LogP contribution in [0.25, 0.3) is 0 Å². The summed E-state index contributed by atoms with van der Waals surface area (Å²) in [5.41, 5.74) is 0.108. The molecule has 22 heavy (non-hydrogen) atoms. The van der Waals surface area contributed by atoms with Gasteiger partial charge in [0.05, 0.1) is 5.60 Å². The van der Waals surface area contributed by atoms with Crippen molar-refractivity contribution in [2.45, 2.75) is 38.8 Å². The molecular weight excluding hydrogens is 276 g/mol. The number of nitrogens with one attached hydrogen (secondary N) is 1. The summed E-state index contributed by atoms with van der Waals surface area (Å²) in [7, 11) is 0. The molecule has 0 radical (unpaired) electrons. The first kappa shape index (κ1) is 15.2. The van der Waals surface area contributed by atoms with Gasteiger partial charge in [-0.2, -0.15) is 0 Å². The van der Waals surface area contributed by atoms with E-state index in [1.807, 2.05) is 44.2 Å². The van der Waals surface area contributed by atoms with E-state index in [0.717, 1.165) is 43.1 Å². The molecule has 0 bridgehead atoms. The van der Waals surface area contributed by atoms with Crippen LogP contribution in [0.4, 0.5) is 0 Å². The Bertz CT molecular complexity index is 621. The third-order valence-corrected chi connectivity index (χ3v) is 4.53. The topological polar surface area (TPSA) is 63.0 Å². The van der Waals surface area contributed by atoms with E-state index < -0.39 is 5.60 Å². The highest BCUT2D eigenvalue weighted by molar-refractivity contribution is 5.21. The second-order valence-corrected chi connectivity index (χ2v) is 6.45. The first-order chi connectivity index (χ1) is 10.6. The lowest BCUT2D eigenvalue weighted by atomic mass is 9.95. The van der Waals surface area contributed by atoms with Gasteiger partial charge in [0, 0.05) is 19.5 Å². The molecule has 0 unspecified atom stereocenters. The van der Waals surface area contributed by atoms with Crippen LogP contribution in [0.5, 0.6) is 0 Å². The van der Waals surface area contributed by atoms with Gasteiger partial charge in [-0.15, -0.1) is 10.2 Å². The maximum Gasteiger partial charge on any atom is 0.133 e. The van der Waals surface area contributed by atoms with Gasteiger partial charge in [0.1, 0.15) is 11.6 Å². The van der Waals surface area contributed by atoms with E-state index in [-0.39, 0.29) is 0 Å². The minimum absolute atomic E-state index is 0.557. The summed E-state index contributed by atoms with van der Waals surface area (Å²) in [6.45, 7) is 6.29. The number of fused-ring (bicyclic) bond motifs is 1. The molecule has 5 heteroatoms. The van der Waals surface area contributed by atoms with Crippen LogP contribution in [0.2, 0.25) is 0 Å². The van der Waals surface area contributed by atoms with Gasteiger partial charge in [0.15, 0.2) is 0 Å². The maximum atomic E-state index is 10.6. The van der Waals surface area contributed by atoms with Crippen LogP contribution in [0.3, 0.4) is 0 Å². The van der Waals surface area contributed by atoms with Crippen molar-refractivity contribution < 1.29 is 5.11 Å². The van der Waals surface area contributed by atoms with E-state index in [1.54, 1.807) is 0 Å². The lowest BCUT2D eigenvalue weighted by Crippen LogP contribution is -2.39. The van der Waals surface area contributed by atoms with Gasteiger partial charge < -0.3 is 15.0 Å². The van der Waals surface area contributed by atoms with Gasteiger partial charge in [-0.3, -0.25) is 0 Å². The third kappa shape index (κ3) is 3.20. The monoisotopic (exact) mass is 300 g/mol. The molecule has 2 heterocycles. The summed E-state index contributed by atoms with van der Waals surface area (Å²) in [5.74, 6) is 2.66. The number of hydrogen-bond donors (Lipinski definition) is 2. The molecule has 118 valence electrons. The van der Waals surface area contributed by atoms with Crippen LogP contribution in [-0.4, -0.2) is 33.0 Å².